The van der Waals surface area contributed by atoms with Gasteiger partial charge in [-0.3, -0.25) is 9.97 Å². The van der Waals surface area contributed by atoms with Gasteiger partial charge < -0.3 is 81.1 Å². The minimum atomic E-state index is -0.451. The van der Waals surface area contributed by atoms with Crippen LogP contribution in [0.5, 0.6) is 0 Å². The van der Waals surface area contributed by atoms with Crippen molar-refractivity contribution in [2.45, 2.75) is 66.2 Å². The molecule has 2 aliphatic heterocycles. The van der Waals surface area contributed by atoms with Crippen LogP contribution in [-0.2, 0) is 72.7 Å². The van der Waals surface area contributed by atoms with Gasteiger partial charge in [0.15, 0.2) is 0 Å². The van der Waals surface area contributed by atoms with Crippen LogP contribution in [0.25, 0.3) is 44.4 Å². The van der Waals surface area contributed by atoms with E-state index in [1.807, 2.05) is 30.5 Å². The van der Waals surface area contributed by atoms with Crippen LogP contribution in [0.1, 0.15) is 86.8 Å². The number of hydrogen-bond acceptors (Lipinski definition) is 20. The lowest BCUT2D eigenvalue weighted by molar-refractivity contribution is 0.00801. The fourth-order valence-corrected chi connectivity index (χ4v) is 9.40. The molecule has 0 radical (unpaired) electrons. The number of hydrogen-bond donors (Lipinski definition) is 1. The van der Waals surface area contributed by atoms with E-state index in [2.05, 4.69) is 44.8 Å². The number of nitrogens with one attached hydrogen (secondary N) is 1. The van der Waals surface area contributed by atoms with Crippen molar-refractivity contribution in [3.05, 3.63) is 82.7 Å². The highest BCUT2D eigenvalue weighted by molar-refractivity contribution is 5.95. The molecule has 0 fully saturated rings. The van der Waals surface area contributed by atoms with Gasteiger partial charge in [0.1, 0.15) is 0 Å². The molecule has 0 saturated carbocycles. The van der Waals surface area contributed by atoms with E-state index >= 15 is 0 Å². The van der Waals surface area contributed by atoms with Gasteiger partial charge in [-0.05, 0) is 110 Å². The second kappa shape index (κ2) is 43.8. The van der Waals surface area contributed by atoms with Gasteiger partial charge in [0, 0.05) is 60.1 Å². The van der Waals surface area contributed by atoms with E-state index in [1.54, 1.807) is 44.4 Å². The Morgan fingerprint density at radius 3 is 1.25 bits per heavy atom. The topological polar surface area (TPSA) is 237 Å². The molecular formula is C64H97N7O16. The normalized spacial score (nSPS) is 12.3. The highest BCUT2D eigenvalue weighted by Crippen LogP contribution is 2.38. The van der Waals surface area contributed by atoms with Gasteiger partial charge in [0.25, 0.3) is 0 Å². The summed E-state index contributed by atoms with van der Waals surface area (Å²) < 4.78 is 77.3. The first-order valence-corrected chi connectivity index (χ1v) is 30.5. The number of rotatable bonds is 46. The van der Waals surface area contributed by atoms with Crippen LogP contribution in [0, 0.1) is 6.92 Å². The maximum atomic E-state index is 13.6. The maximum Gasteiger partial charge on any atom is 0.409 e. The van der Waals surface area contributed by atoms with E-state index in [0.29, 0.717) is 195 Å². The molecule has 87 heavy (non-hydrogen) atoms. The Labute approximate surface area is 514 Å². The van der Waals surface area contributed by atoms with Gasteiger partial charge in [-0.2, -0.15) is 0 Å². The SMILES string of the molecule is CCC1=C(CC)c2cc3[nH]c(cnc4ccccc4ncc4nc(cc1n2)C(CCCOC(=O)N(CCOCCOCCOC)CCOCCOCCOC)=C4C)c(C)c3CCCOC(=O)N(CCOCCOCCOC)CCOCCOCCOC. The smallest absolute Gasteiger partial charge is 0.409 e. The number of methoxy groups -OCH3 is 4. The zero-order valence-electron chi connectivity index (χ0n) is 53.0. The van der Waals surface area contributed by atoms with Crippen molar-refractivity contribution in [3.8, 4) is 0 Å². The highest BCUT2D eigenvalue weighted by Gasteiger charge is 2.23. The lowest BCUT2D eigenvalue weighted by atomic mass is 9.98. The minimum Gasteiger partial charge on any atom is -0.449 e. The summed E-state index contributed by atoms with van der Waals surface area (Å²) in [5.74, 6) is 0. The van der Waals surface area contributed by atoms with Crippen molar-refractivity contribution < 1.29 is 75.9 Å². The highest BCUT2D eigenvalue weighted by atomic mass is 16.6. The third kappa shape index (κ3) is 26.1. The average molecular weight is 1220 g/mol. The number of fused-ring (bicyclic) bond motifs is 7. The van der Waals surface area contributed by atoms with Crippen molar-refractivity contribution in [2.75, 3.05) is 200 Å². The Balaban J connectivity index is 1.36. The number of benzene rings is 1. The predicted molar refractivity (Wildman–Crippen MR) is 333 cm³/mol. The molecule has 2 amide bonds. The summed E-state index contributed by atoms with van der Waals surface area (Å²) >= 11 is 0. The third-order valence-electron chi connectivity index (χ3n) is 14.2. The van der Waals surface area contributed by atoms with Gasteiger partial charge in [-0.15, -0.1) is 0 Å². The Kier molecular flexibility index (Phi) is 36.2. The number of carbonyl (C=O) groups is 2. The molecule has 5 rings (SSSR count). The van der Waals surface area contributed by atoms with Crippen molar-refractivity contribution in [1.82, 2.24) is 34.7 Å². The molecule has 484 valence electrons. The molecule has 1 aromatic carbocycles. The van der Waals surface area contributed by atoms with Crippen LogP contribution in [0.2, 0.25) is 0 Å². The molecule has 0 atom stereocenters. The fraction of sp³-hybridized carbons (Fsp3) is 0.625. The van der Waals surface area contributed by atoms with Gasteiger partial charge in [-0.1, -0.05) is 26.0 Å². The second-order valence-electron chi connectivity index (χ2n) is 20.2. The Bertz CT molecular complexity index is 2700. The standard InChI is InChI=1S/C64H97N7O16/c1-9-51-52(10-2)58-46-60-54(16-14-24-87-64(73)71(21-27-80-39-43-84-35-31-76-7)22-28-81-40-44-85-36-32-77-8)50(4)62(69-60)48-66-56-18-12-11-17-55(56)65-47-61-49(3)53(59(68-61)45-57(51)67-58)15-13-23-86-63(72)70(19-25-78-37-41-82-33-29-74-5)20-26-79-38-42-83-34-30-75-6/h11-12,17-18,45-48,68H,9-10,13-16,19-44H2,1-8H3. The van der Waals surface area contributed by atoms with E-state index in [0.717, 1.165) is 80.1 Å². The number of ether oxygens (including phenoxy) is 14. The molecule has 2 aromatic heterocycles. The average Bonchev–Trinajstić information content (AvgIpc) is 2.09. The quantitative estimate of drug-likeness (QED) is 0.0521. The van der Waals surface area contributed by atoms with Gasteiger partial charge in [0.05, 0.1) is 197 Å². The number of para-hydroxylation sites is 2. The Morgan fingerprint density at radius 1 is 0.437 bits per heavy atom. The molecule has 0 aliphatic carbocycles. The number of aromatic nitrogens is 5. The van der Waals surface area contributed by atoms with E-state index in [4.69, 9.17) is 86.3 Å². The molecular weight excluding hydrogens is 1120 g/mol. The molecule has 23 nitrogen and oxygen atoms in total. The van der Waals surface area contributed by atoms with Crippen molar-refractivity contribution in [3.63, 3.8) is 0 Å². The number of carbonyl (C=O) groups excluding carboxylic acids is 2. The molecule has 0 spiro atoms. The summed E-state index contributed by atoms with van der Waals surface area (Å²) in [5, 5.41) is 0. The monoisotopic (exact) mass is 1220 g/mol. The molecule has 0 unspecified atom stereocenters. The first-order valence-electron chi connectivity index (χ1n) is 30.5. The Morgan fingerprint density at radius 2 is 0.816 bits per heavy atom. The lowest BCUT2D eigenvalue weighted by Crippen LogP contribution is -2.37. The van der Waals surface area contributed by atoms with Crippen LogP contribution in [0.3, 0.4) is 0 Å². The van der Waals surface area contributed by atoms with Gasteiger partial charge in [0.2, 0.25) is 0 Å². The van der Waals surface area contributed by atoms with E-state index < -0.39 is 12.2 Å². The number of aryl methyl sites for hydroxylation is 2. The first-order chi connectivity index (χ1) is 42.7. The number of aromatic amines is 1. The lowest BCUT2D eigenvalue weighted by Gasteiger charge is -2.22. The van der Waals surface area contributed by atoms with Crippen LogP contribution < -0.4 is 0 Å². The molecule has 23 heteroatoms. The number of amides is 2. The number of nitrogens with zero attached hydrogens (tertiary/aromatic N) is 6. The summed E-state index contributed by atoms with van der Waals surface area (Å²) in [4.78, 5) is 54.7. The third-order valence-corrected chi connectivity index (χ3v) is 14.2. The maximum absolute atomic E-state index is 13.6. The van der Waals surface area contributed by atoms with Crippen molar-refractivity contribution >= 4 is 56.5 Å². The van der Waals surface area contributed by atoms with E-state index in [9.17, 15) is 9.59 Å². The molecule has 6 bridgehead atoms. The van der Waals surface area contributed by atoms with Crippen LogP contribution in [-0.4, -0.2) is 247 Å². The summed E-state index contributed by atoms with van der Waals surface area (Å²) in [5.41, 5.74) is 12.7. The van der Waals surface area contributed by atoms with Crippen LogP contribution in [0.4, 0.5) is 9.59 Å². The first kappa shape index (κ1) is 71.9. The summed E-state index contributed by atoms with van der Waals surface area (Å²) in [6.45, 7) is 18.5. The second-order valence-corrected chi connectivity index (χ2v) is 20.2. The summed E-state index contributed by atoms with van der Waals surface area (Å²) in [6, 6.07) is 12.0. The largest absolute Gasteiger partial charge is 0.449 e. The van der Waals surface area contributed by atoms with Gasteiger partial charge in [-0.25, -0.2) is 19.6 Å². The fourth-order valence-electron chi connectivity index (χ4n) is 9.40. The molecule has 3 aromatic rings. The minimum absolute atomic E-state index is 0.177. The van der Waals surface area contributed by atoms with Crippen LogP contribution >= 0.6 is 0 Å². The summed E-state index contributed by atoms with van der Waals surface area (Å²) in [6.07, 6.45) is 6.54. The molecule has 0 saturated heterocycles. The van der Waals surface area contributed by atoms with Crippen molar-refractivity contribution in [2.24, 2.45) is 0 Å². The number of allylic oxidation sites excluding steroid dienone is 4. The molecule has 2 aliphatic rings. The zero-order chi connectivity index (χ0) is 62.1. The van der Waals surface area contributed by atoms with E-state index in [-0.39, 0.29) is 13.2 Å². The molecule has 4 heterocycles. The zero-order valence-corrected chi connectivity index (χ0v) is 53.0. The predicted octanol–water partition coefficient (Wildman–Crippen LogP) is 8.62. The van der Waals surface area contributed by atoms with Gasteiger partial charge >= 0.3 is 12.2 Å². The van der Waals surface area contributed by atoms with E-state index in [1.165, 1.54) is 0 Å². The van der Waals surface area contributed by atoms with Crippen LogP contribution in [0.15, 0.2) is 48.8 Å². The summed E-state index contributed by atoms with van der Waals surface area (Å²) in [7, 11) is 6.51. The molecule has 1 N–H and O–H groups in total. The van der Waals surface area contributed by atoms with Crippen molar-refractivity contribution in [1.29, 1.82) is 0 Å². The number of H-pyrrole nitrogens is 1. The Hall–Kier alpha value is -5.80.